The minimum absolute atomic E-state index is 0.537. The number of ether oxygens (including phenoxy) is 3. The highest BCUT2D eigenvalue weighted by Gasteiger charge is 2.02. The number of para-hydroxylation sites is 2. The van der Waals surface area contributed by atoms with Gasteiger partial charge in [0.1, 0.15) is 19.0 Å². The molecule has 0 unspecified atom stereocenters. The van der Waals surface area contributed by atoms with Crippen LogP contribution in [-0.4, -0.2) is 20.3 Å². The van der Waals surface area contributed by atoms with Gasteiger partial charge in [-0.25, -0.2) is 0 Å². The molecule has 134 valence electrons. The second-order valence-corrected chi connectivity index (χ2v) is 5.73. The first-order chi connectivity index (χ1) is 12.8. The van der Waals surface area contributed by atoms with Crippen LogP contribution in [0.2, 0.25) is 0 Å². The average molecular weight is 349 g/mol. The molecular weight excluding hydrogens is 326 g/mol. The molecule has 0 saturated heterocycles. The number of rotatable bonds is 9. The van der Waals surface area contributed by atoms with Crippen molar-refractivity contribution in [3.05, 3.63) is 84.4 Å². The van der Waals surface area contributed by atoms with Crippen LogP contribution >= 0.6 is 0 Å². The van der Waals surface area contributed by atoms with E-state index < -0.39 is 0 Å². The highest BCUT2D eigenvalue weighted by Crippen LogP contribution is 2.25. The molecule has 0 radical (unpaired) electrons. The third kappa shape index (κ3) is 5.18. The highest BCUT2D eigenvalue weighted by molar-refractivity contribution is 5.48. The first-order valence-corrected chi connectivity index (χ1v) is 8.61. The summed E-state index contributed by atoms with van der Waals surface area (Å²) in [4.78, 5) is 0. The van der Waals surface area contributed by atoms with Gasteiger partial charge in [-0.2, -0.15) is 0 Å². The normalized spacial score (nSPS) is 10.2. The zero-order valence-electron chi connectivity index (χ0n) is 14.9. The second-order valence-electron chi connectivity index (χ2n) is 5.73. The van der Waals surface area contributed by atoms with Crippen molar-refractivity contribution in [2.75, 3.05) is 25.6 Å². The summed E-state index contributed by atoms with van der Waals surface area (Å²) in [6, 6.07) is 25.7. The monoisotopic (exact) mass is 349 g/mol. The molecule has 0 spiro atoms. The van der Waals surface area contributed by atoms with Crippen molar-refractivity contribution >= 4 is 5.69 Å². The quantitative estimate of drug-likeness (QED) is 0.565. The maximum absolute atomic E-state index is 5.85. The molecule has 4 heteroatoms. The molecule has 26 heavy (non-hydrogen) atoms. The predicted molar refractivity (Wildman–Crippen MR) is 104 cm³/mol. The van der Waals surface area contributed by atoms with Gasteiger partial charge in [-0.15, -0.1) is 0 Å². The number of nitrogens with one attached hydrogen (secondary N) is 1. The van der Waals surface area contributed by atoms with Crippen LogP contribution in [0.1, 0.15) is 5.56 Å². The molecule has 0 aliphatic heterocycles. The fourth-order valence-electron chi connectivity index (χ4n) is 2.53. The number of benzene rings is 3. The highest BCUT2D eigenvalue weighted by atomic mass is 16.5. The Bertz CT molecular complexity index is 805. The summed E-state index contributed by atoms with van der Waals surface area (Å²) in [5.74, 6) is 2.32. The molecule has 4 nitrogen and oxygen atoms in total. The van der Waals surface area contributed by atoms with E-state index in [-0.39, 0.29) is 0 Å². The summed E-state index contributed by atoms with van der Waals surface area (Å²) in [7, 11) is 1.64. The number of methoxy groups -OCH3 is 1. The van der Waals surface area contributed by atoms with E-state index in [0.29, 0.717) is 19.8 Å². The van der Waals surface area contributed by atoms with Gasteiger partial charge in [0.15, 0.2) is 11.5 Å². The molecule has 0 saturated carbocycles. The molecule has 1 N–H and O–H groups in total. The lowest BCUT2D eigenvalue weighted by Crippen LogP contribution is -2.11. The standard InChI is InChI=1S/C22H23NO3/c1-24-21-12-5-6-13-22(21)25-15-14-23-19-10-7-11-20(16-19)26-17-18-8-3-2-4-9-18/h2-13,16,23H,14-15,17H2,1H3. The van der Waals surface area contributed by atoms with Gasteiger partial charge in [0.05, 0.1) is 7.11 Å². The molecule has 0 aliphatic carbocycles. The second kappa shape index (κ2) is 9.37. The number of hydrogen-bond donors (Lipinski definition) is 1. The van der Waals surface area contributed by atoms with Crippen LogP contribution in [0.15, 0.2) is 78.9 Å². The van der Waals surface area contributed by atoms with Crippen molar-refractivity contribution in [3.8, 4) is 17.2 Å². The average Bonchev–Trinajstić information content (AvgIpc) is 2.71. The van der Waals surface area contributed by atoms with Crippen LogP contribution < -0.4 is 19.5 Å². The van der Waals surface area contributed by atoms with E-state index in [1.165, 1.54) is 0 Å². The lowest BCUT2D eigenvalue weighted by molar-refractivity contribution is 0.304. The van der Waals surface area contributed by atoms with E-state index in [9.17, 15) is 0 Å². The van der Waals surface area contributed by atoms with E-state index in [4.69, 9.17) is 14.2 Å². The van der Waals surface area contributed by atoms with Crippen molar-refractivity contribution < 1.29 is 14.2 Å². The van der Waals surface area contributed by atoms with Gasteiger partial charge >= 0.3 is 0 Å². The summed E-state index contributed by atoms with van der Waals surface area (Å²) in [5.41, 5.74) is 2.15. The Morgan fingerprint density at radius 1 is 0.769 bits per heavy atom. The zero-order chi connectivity index (χ0) is 18.0. The molecule has 0 heterocycles. The van der Waals surface area contributed by atoms with E-state index in [1.807, 2.05) is 66.7 Å². The van der Waals surface area contributed by atoms with Crippen LogP contribution in [0.25, 0.3) is 0 Å². The third-order valence-electron chi connectivity index (χ3n) is 3.84. The Morgan fingerprint density at radius 3 is 2.35 bits per heavy atom. The van der Waals surface area contributed by atoms with E-state index >= 15 is 0 Å². The first kappa shape index (κ1) is 17.7. The maximum Gasteiger partial charge on any atom is 0.161 e. The SMILES string of the molecule is COc1ccccc1OCCNc1cccc(OCc2ccccc2)c1. The largest absolute Gasteiger partial charge is 0.493 e. The molecule has 0 fully saturated rings. The van der Waals surface area contributed by atoms with Gasteiger partial charge in [0, 0.05) is 18.3 Å². The van der Waals surface area contributed by atoms with Crippen LogP contribution in [0, 0.1) is 0 Å². The van der Waals surface area contributed by atoms with Crippen molar-refractivity contribution in [2.45, 2.75) is 6.61 Å². The fourth-order valence-corrected chi connectivity index (χ4v) is 2.53. The number of hydrogen-bond acceptors (Lipinski definition) is 4. The van der Waals surface area contributed by atoms with Gasteiger partial charge in [-0.05, 0) is 29.8 Å². The summed E-state index contributed by atoms with van der Waals surface area (Å²) in [6.07, 6.45) is 0. The summed E-state index contributed by atoms with van der Waals surface area (Å²) >= 11 is 0. The molecule has 0 aliphatic rings. The molecule has 0 amide bonds. The minimum Gasteiger partial charge on any atom is -0.493 e. The Hall–Kier alpha value is -3.14. The molecule has 3 rings (SSSR count). The van der Waals surface area contributed by atoms with Crippen molar-refractivity contribution in [3.63, 3.8) is 0 Å². The van der Waals surface area contributed by atoms with E-state index in [0.717, 1.165) is 28.5 Å². The number of anilines is 1. The summed E-state index contributed by atoms with van der Waals surface area (Å²) < 4.78 is 16.9. The van der Waals surface area contributed by atoms with Crippen molar-refractivity contribution in [1.82, 2.24) is 0 Å². The topological polar surface area (TPSA) is 39.7 Å². The van der Waals surface area contributed by atoms with Gasteiger partial charge in [-0.3, -0.25) is 0 Å². The predicted octanol–water partition coefficient (Wildman–Crippen LogP) is 4.77. The Labute approximate surface area is 154 Å². The Kier molecular flexibility index (Phi) is 6.37. The van der Waals surface area contributed by atoms with Gasteiger partial charge in [-0.1, -0.05) is 48.5 Å². The van der Waals surface area contributed by atoms with E-state index in [2.05, 4.69) is 17.4 Å². The maximum atomic E-state index is 5.85. The zero-order valence-corrected chi connectivity index (χ0v) is 14.9. The Morgan fingerprint density at radius 2 is 1.54 bits per heavy atom. The molecule has 3 aromatic carbocycles. The fraction of sp³-hybridized carbons (Fsp3) is 0.182. The van der Waals surface area contributed by atoms with Crippen molar-refractivity contribution in [2.24, 2.45) is 0 Å². The van der Waals surface area contributed by atoms with Crippen LogP contribution in [0.5, 0.6) is 17.2 Å². The Balaban J connectivity index is 1.46. The van der Waals surface area contributed by atoms with E-state index in [1.54, 1.807) is 7.11 Å². The lowest BCUT2D eigenvalue weighted by atomic mass is 10.2. The first-order valence-electron chi connectivity index (χ1n) is 8.61. The molecule has 0 aromatic heterocycles. The van der Waals surface area contributed by atoms with Gasteiger partial charge < -0.3 is 19.5 Å². The van der Waals surface area contributed by atoms with Crippen LogP contribution in [0.4, 0.5) is 5.69 Å². The molecule has 0 atom stereocenters. The van der Waals surface area contributed by atoms with Crippen LogP contribution in [-0.2, 0) is 6.61 Å². The smallest absolute Gasteiger partial charge is 0.161 e. The third-order valence-corrected chi connectivity index (χ3v) is 3.84. The summed E-state index contributed by atoms with van der Waals surface area (Å²) in [5, 5.41) is 3.35. The summed E-state index contributed by atoms with van der Waals surface area (Å²) in [6.45, 7) is 1.77. The molecule has 3 aromatic rings. The van der Waals surface area contributed by atoms with Gasteiger partial charge in [0.2, 0.25) is 0 Å². The molecule has 0 bridgehead atoms. The van der Waals surface area contributed by atoms with Crippen molar-refractivity contribution in [1.29, 1.82) is 0 Å². The molecular formula is C22H23NO3. The van der Waals surface area contributed by atoms with Crippen LogP contribution in [0.3, 0.4) is 0 Å². The lowest BCUT2D eigenvalue weighted by Gasteiger charge is -2.12. The van der Waals surface area contributed by atoms with Gasteiger partial charge in [0.25, 0.3) is 0 Å². The minimum atomic E-state index is 0.537.